The second-order valence-electron chi connectivity index (χ2n) is 7.79. The molecule has 1 N–H and O–H groups in total. The Hall–Kier alpha value is -3.62. The van der Waals surface area contributed by atoms with E-state index in [2.05, 4.69) is 20.0 Å². The van der Waals surface area contributed by atoms with E-state index < -0.39 is 6.36 Å². The molecule has 1 aliphatic rings. The molecule has 172 valence electrons. The number of para-hydroxylation sites is 1. The van der Waals surface area contributed by atoms with Crippen molar-refractivity contribution in [2.45, 2.75) is 25.7 Å². The zero-order valence-electron chi connectivity index (χ0n) is 17.8. The zero-order valence-corrected chi connectivity index (χ0v) is 17.8. The molecule has 0 bridgehead atoms. The summed E-state index contributed by atoms with van der Waals surface area (Å²) in [6, 6.07) is 17.5. The number of rotatable bonds is 6. The van der Waals surface area contributed by atoms with Gasteiger partial charge in [-0.15, -0.1) is 13.2 Å². The van der Waals surface area contributed by atoms with Gasteiger partial charge >= 0.3 is 6.36 Å². The fourth-order valence-electron chi connectivity index (χ4n) is 3.89. The van der Waals surface area contributed by atoms with E-state index in [0.29, 0.717) is 13.0 Å². The van der Waals surface area contributed by atoms with E-state index in [1.165, 1.54) is 24.5 Å². The smallest absolute Gasteiger partial charge is 0.405 e. The topological polar surface area (TPSA) is 67.3 Å². The van der Waals surface area contributed by atoms with Gasteiger partial charge in [0, 0.05) is 36.8 Å². The van der Waals surface area contributed by atoms with Crippen molar-refractivity contribution in [1.82, 2.24) is 15.3 Å². The third kappa shape index (κ3) is 6.00. The highest BCUT2D eigenvalue weighted by atomic mass is 19.4. The summed E-state index contributed by atoms with van der Waals surface area (Å²) in [6.45, 7) is 1.18. The number of benzene rings is 2. The molecule has 1 unspecified atom stereocenters. The normalized spacial score (nSPS) is 16.3. The van der Waals surface area contributed by atoms with Gasteiger partial charge in [0.05, 0.1) is 11.6 Å². The van der Waals surface area contributed by atoms with Crippen molar-refractivity contribution in [3.63, 3.8) is 0 Å². The van der Waals surface area contributed by atoms with Crippen LogP contribution in [-0.2, 0) is 11.3 Å². The summed E-state index contributed by atoms with van der Waals surface area (Å²) in [5, 5.41) is 2.76. The van der Waals surface area contributed by atoms with Gasteiger partial charge in [-0.3, -0.25) is 4.79 Å². The maximum atomic E-state index is 12.8. The van der Waals surface area contributed by atoms with Crippen molar-refractivity contribution in [2.75, 3.05) is 18.0 Å². The minimum Gasteiger partial charge on any atom is -0.405 e. The van der Waals surface area contributed by atoms with Crippen LogP contribution in [0.2, 0.25) is 0 Å². The summed E-state index contributed by atoms with van der Waals surface area (Å²) >= 11 is 0. The van der Waals surface area contributed by atoms with Crippen LogP contribution in [0.25, 0.3) is 11.3 Å². The number of halogens is 3. The van der Waals surface area contributed by atoms with E-state index in [-0.39, 0.29) is 29.7 Å². The third-order valence-corrected chi connectivity index (χ3v) is 5.49. The second kappa shape index (κ2) is 9.89. The van der Waals surface area contributed by atoms with Crippen molar-refractivity contribution in [1.29, 1.82) is 0 Å². The SMILES string of the molecule is O=C(NCc1ccccc1OC(F)(F)F)C1CCCN(c2cc(-c3ccccc3)ncn2)C1. The summed E-state index contributed by atoms with van der Waals surface area (Å²) in [7, 11) is 0. The number of anilines is 1. The number of alkyl halides is 3. The van der Waals surface area contributed by atoms with Crippen LogP contribution in [0.5, 0.6) is 5.75 Å². The van der Waals surface area contributed by atoms with Gasteiger partial charge in [-0.05, 0) is 18.9 Å². The Morgan fingerprint density at radius 1 is 1.09 bits per heavy atom. The molecule has 9 heteroatoms. The maximum absolute atomic E-state index is 12.8. The van der Waals surface area contributed by atoms with Crippen LogP contribution in [0, 0.1) is 5.92 Å². The molecule has 1 fully saturated rings. The molecule has 1 saturated heterocycles. The van der Waals surface area contributed by atoms with E-state index in [0.717, 1.165) is 30.0 Å². The molecule has 1 amide bonds. The third-order valence-electron chi connectivity index (χ3n) is 5.49. The number of nitrogens with zero attached hydrogens (tertiary/aromatic N) is 3. The highest BCUT2D eigenvalue weighted by molar-refractivity contribution is 5.79. The molecule has 4 rings (SSSR count). The minimum atomic E-state index is -4.79. The van der Waals surface area contributed by atoms with Crippen molar-refractivity contribution >= 4 is 11.7 Å². The number of hydrogen-bond donors (Lipinski definition) is 1. The minimum absolute atomic E-state index is 0.0484. The lowest BCUT2D eigenvalue weighted by atomic mass is 9.97. The van der Waals surface area contributed by atoms with Gasteiger partial charge in [0.15, 0.2) is 0 Å². The van der Waals surface area contributed by atoms with E-state index in [1.807, 2.05) is 41.3 Å². The van der Waals surface area contributed by atoms with Crippen LogP contribution in [0.4, 0.5) is 19.0 Å². The van der Waals surface area contributed by atoms with Crippen LogP contribution >= 0.6 is 0 Å². The van der Waals surface area contributed by atoms with Crippen molar-refractivity contribution in [3.8, 4) is 17.0 Å². The van der Waals surface area contributed by atoms with Gasteiger partial charge in [-0.25, -0.2) is 9.97 Å². The molecule has 6 nitrogen and oxygen atoms in total. The number of aromatic nitrogens is 2. The predicted octanol–water partition coefficient (Wildman–Crippen LogP) is 4.58. The summed E-state index contributed by atoms with van der Waals surface area (Å²) < 4.78 is 41.9. The number of carbonyl (C=O) groups excluding carboxylic acids is 1. The fourth-order valence-corrected chi connectivity index (χ4v) is 3.89. The Bertz CT molecular complexity index is 1090. The first kappa shape index (κ1) is 22.6. The quantitative estimate of drug-likeness (QED) is 0.588. The van der Waals surface area contributed by atoms with Gasteiger partial charge in [0.1, 0.15) is 17.9 Å². The molecule has 1 aromatic heterocycles. The van der Waals surface area contributed by atoms with Crippen LogP contribution in [-0.4, -0.2) is 35.3 Å². The van der Waals surface area contributed by atoms with Gasteiger partial charge in [0.2, 0.25) is 5.91 Å². The van der Waals surface area contributed by atoms with E-state index >= 15 is 0 Å². The summed E-state index contributed by atoms with van der Waals surface area (Å²) in [5.41, 5.74) is 2.04. The van der Waals surface area contributed by atoms with Gasteiger partial charge in [-0.1, -0.05) is 48.5 Å². The molecule has 2 aromatic carbocycles. The van der Waals surface area contributed by atoms with E-state index in [4.69, 9.17) is 0 Å². The molecular weight excluding hydrogens is 433 g/mol. The van der Waals surface area contributed by atoms with Gasteiger partial charge < -0.3 is 15.0 Å². The number of amides is 1. The van der Waals surface area contributed by atoms with Gasteiger partial charge in [-0.2, -0.15) is 0 Å². The monoisotopic (exact) mass is 456 g/mol. The first-order valence-electron chi connectivity index (χ1n) is 10.6. The average molecular weight is 456 g/mol. The van der Waals surface area contributed by atoms with Crippen molar-refractivity contribution in [2.24, 2.45) is 5.92 Å². The zero-order chi connectivity index (χ0) is 23.3. The number of carbonyl (C=O) groups is 1. The molecule has 1 atom stereocenters. The first-order valence-corrected chi connectivity index (χ1v) is 10.6. The number of hydrogen-bond acceptors (Lipinski definition) is 5. The Morgan fingerprint density at radius 3 is 2.64 bits per heavy atom. The lowest BCUT2D eigenvalue weighted by molar-refractivity contribution is -0.274. The second-order valence-corrected chi connectivity index (χ2v) is 7.79. The van der Waals surface area contributed by atoms with Crippen LogP contribution < -0.4 is 15.0 Å². The highest BCUT2D eigenvalue weighted by Crippen LogP contribution is 2.27. The van der Waals surface area contributed by atoms with Crippen LogP contribution in [0.15, 0.2) is 67.0 Å². The molecule has 0 spiro atoms. The molecule has 0 saturated carbocycles. The highest BCUT2D eigenvalue weighted by Gasteiger charge is 2.32. The molecule has 1 aliphatic heterocycles. The Labute approximate surface area is 189 Å². The Kier molecular flexibility index (Phi) is 6.76. The Balaban J connectivity index is 1.40. The molecular formula is C24H23F3N4O2. The fraction of sp³-hybridized carbons (Fsp3) is 0.292. The van der Waals surface area contributed by atoms with E-state index in [1.54, 1.807) is 6.07 Å². The summed E-state index contributed by atoms with van der Waals surface area (Å²) in [5.74, 6) is -0.0845. The lowest BCUT2D eigenvalue weighted by Gasteiger charge is -2.33. The molecule has 0 radical (unpaired) electrons. The largest absolute Gasteiger partial charge is 0.573 e. The number of nitrogens with one attached hydrogen (secondary N) is 1. The summed E-state index contributed by atoms with van der Waals surface area (Å²) in [6.07, 6.45) is -1.78. The van der Waals surface area contributed by atoms with E-state index in [9.17, 15) is 18.0 Å². The standard InChI is InChI=1S/C24H23F3N4O2/c25-24(26,27)33-21-11-5-4-9-18(21)14-28-23(32)19-10-6-12-31(15-19)22-13-20(29-16-30-22)17-7-2-1-3-8-17/h1-5,7-9,11,13,16,19H,6,10,12,14-15H2,(H,28,32). The predicted molar refractivity (Wildman–Crippen MR) is 117 cm³/mol. The molecule has 2 heterocycles. The van der Waals surface area contributed by atoms with Crippen LogP contribution in [0.3, 0.4) is 0 Å². The number of piperidine rings is 1. The van der Waals surface area contributed by atoms with Crippen molar-refractivity contribution < 1.29 is 22.7 Å². The Morgan fingerprint density at radius 2 is 1.85 bits per heavy atom. The lowest BCUT2D eigenvalue weighted by Crippen LogP contribution is -2.43. The molecule has 3 aromatic rings. The maximum Gasteiger partial charge on any atom is 0.573 e. The van der Waals surface area contributed by atoms with Gasteiger partial charge in [0.25, 0.3) is 0 Å². The molecule has 0 aliphatic carbocycles. The molecule has 33 heavy (non-hydrogen) atoms. The van der Waals surface area contributed by atoms with Crippen LogP contribution in [0.1, 0.15) is 18.4 Å². The van der Waals surface area contributed by atoms with Crippen molar-refractivity contribution in [3.05, 3.63) is 72.6 Å². The summed E-state index contributed by atoms with van der Waals surface area (Å²) in [4.78, 5) is 23.6. The number of ether oxygens (including phenoxy) is 1. The average Bonchev–Trinajstić information content (AvgIpc) is 2.83. The first-order chi connectivity index (χ1) is 15.9.